The highest BCUT2D eigenvalue weighted by Gasteiger charge is 2.29. The van der Waals surface area contributed by atoms with E-state index in [1.807, 2.05) is 33.8 Å². The molecule has 0 aliphatic rings. The minimum Gasteiger partial charge on any atom is -0.598 e. The van der Waals surface area contributed by atoms with Crippen LogP contribution in [0.15, 0.2) is 23.1 Å². The molecular weight excluding hydrogens is 294 g/mol. The van der Waals surface area contributed by atoms with Gasteiger partial charge in [-0.25, -0.2) is 8.42 Å². The summed E-state index contributed by atoms with van der Waals surface area (Å²) in [4.78, 5) is 0.324. The van der Waals surface area contributed by atoms with Crippen molar-refractivity contribution in [2.75, 3.05) is 6.26 Å². The summed E-state index contributed by atoms with van der Waals surface area (Å²) >= 11 is -1.20. The Hall–Kier alpha value is -0.560. The summed E-state index contributed by atoms with van der Waals surface area (Å²) in [5.74, 6) is 0. The van der Waals surface area contributed by atoms with Crippen LogP contribution in [-0.2, 0) is 21.2 Å². The lowest BCUT2D eigenvalue weighted by atomic mass is 10.0. The van der Waals surface area contributed by atoms with Crippen LogP contribution in [0.25, 0.3) is 0 Å². The number of hydrogen-bond acceptors (Lipinski definition) is 4. The molecule has 0 fully saturated rings. The molecule has 0 radical (unpaired) electrons. The first kappa shape index (κ1) is 17.5. The molecule has 0 aromatic heterocycles. The smallest absolute Gasteiger partial charge is 0.175 e. The molecule has 0 amide bonds. The van der Waals surface area contributed by atoms with Crippen LogP contribution in [0.1, 0.15) is 44.9 Å². The third-order valence-corrected chi connectivity index (χ3v) is 5.95. The van der Waals surface area contributed by atoms with Crippen molar-refractivity contribution in [3.8, 4) is 0 Å². The van der Waals surface area contributed by atoms with Gasteiger partial charge in [0.1, 0.15) is 4.75 Å². The standard InChI is InChI=1S/C14H23NO3S2/c1-10-12(8-7-9-13(10)20(6,17)18)11(2)15-19(16)14(3,4)5/h7-9,11,15H,1-6H3/t11?,19-/m1/s1. The summed E-state index contributed by atoms with van der Waals surface area (Å²) in [6.07, 6.45) is 1.20. The first-order valence-corrected chi connectivity index (χ1v) is 9.46. The summed E-state index contributed by atoms with van der Waals surface area (Å²) in [5.41, 5.74) is 1.56. The highest BCUT2D eigenvalue weighted by molar-refractivity contribution is 7.91. The first-order valence-electron chi connectivity index (χ1n) is 6.42. The van der Waals surface area contributed by atoms with E-state index in [0.717, 1.165) is 5.56 Å². The Kier molecular flexibility index (Phi) is 5.29. The quantitative estimate of drug-likeness (QED) is 0.866. The Bertz CT molecular complexity index is 577. The molecule has 6 heteroatoms. The molecule has 0 spiro atoms. The molecule has 0 aliphatic carbocycles. The van der Waals surface area contributed by atoms with Crippen LogP contribution in [0, 0.1) is 6.92 Å². The fourth-order valence-corrected chi connectivity index (χ4v) is 3.70. The van der Waals surface area contributed by atoms with Crippen molar-refractivity contribution in [1.82, 2.24) is 4.72 Å². The average molecular weight is 317 g/mol. The van der Waals surface area contributed by atoms with Gasteiger partial charge in [-0.1, -0.05) is 12.1 Å². The van der Waals surface area contributed by atoms with Gasteiger partial charge in [0.05, 0.1) is 10.9 Å². The maximum absolute atomic E-state index is 12.1. The van der Waals surface area contributed by atoms with Crippen molar-refractivity contribution in [3.63, 3.8) is 0 Å². The van der Waals surface area contributed by atoms with Crippen molar-refractivity contribution < 1.29 is 13.0 Å². The summed E-state index contributed by atoms with van der Waals surface area (Å²) < 4.78 is 38.3. The molecule has 0 saturated carbocycles. The zero-order valence-corrected chi connectivity index (χ0v) is 14.5. The average Bonchev–Trinajstić information content (AvgIpc) is 2.26. The van der Waals surface area contributed by atoms with Gasteiger partial charge in [0.15, 0.2) is 9.84 Å². The highest BCUT2D eigenvalue weighted by atomic mass is 32.2. The Morgan fingerprint density at radius 2 is 1.85 bits per heavy atom. The van der Waals surface area contributed by atoms with Gasteiger partial charge in [0.2, 0.25) is 0 Å². The van der Waals surface area contributed by atoms with E-state index in [-0.39, 0.29) is 10.8 Å². The molecule has 114 valence electrons. The predicted octanol–water partition coefficient (Wildman–Crippen LogP) is 2.51. The van der Waals surface area contributed by atoms with E-state index in [4.69, 9.17) is 0 Å². The van der Waals surface area contributed by atoms with Gasteiger partial charge < -0.3 is 4.55 Å². The number of nitrogens with one attached hydrogen (secondary N) is 1. The van der Waals surface area contributed by atoms with E-state index in [0.29, 0.717) is 10.5 Å². The fourth-order valence-electron chi connectivity index (χ4n) is 1.90. The maximum Gasteiger partial charge on any atom is 0.175 e. The van der Waals surface area contributed by atoms with Crippen LogP contribution in [-0.4, -0.2) is 24.0 Å². The number of benzene rings is 1. The summed E-state index contributed by atoms with van der Waals surface area (Å²) in [6, 6.07) is 5.00. The Labute approximate surface area is 125 Å². The second kappa shape index (κ2) is 6.05. The molecule has 0 bridgehead atoms. The molecule has 1 N–H and O–H groups in total. The molecule has 0 heterocycles. The van der Waals surface area contributed by atoms with E-state index in [1.54, 1.807) is 19.1 Å². The van der Waals surface area contributed by atoms with Crippen molar-refractivity contribution in [2.24, 2.45) is 0 Å². The van der Waals surface area contributed by atoms with Crippen LogP contribution in [0.4, 0.5) is 0 Å². The van der Waals surface area contributed by atoms with Gasteiger partial charge in [-0.15, -0.1) is 4.72 Å². The summed E-state index contributed by atoms with van der Waals surface area (Å²) in [5, 5.41) is 0. The molecule has 1 aromatic carbocycles. The van der Waals surface area contributed by atoms with Crippen LogP contribution >= 0.6 is 0 Å². The largest absolute Gasteiger partial charge is 0.598 e. The molecule has 4 nitrogen and oxygen atoms in total. The lowest BCUT2D eigenvalue weighted by Crippen LogP contribution is -2.40. The van der Waals surface area contributed by atoms with Gasteiger partial charge >= 0.3 is 0 Å². The number of rotatable bonds is 4. The SMILES string of the molecule is Cc1c(C(C)N[S@+]([O-])C(C)(C)C)cccc1S(C)(=O)=O. The molecule has 0 saturated heterocycles. The number of sulfone groups is 1. The monoisotopic (exact) mass is 317 g/mol. The molecule has 1 aromatic rings. The Morgan fingerprint density at radius 3 is 2.30 bits per heavy atom. The van der Waals surface area contributed by atoms with Gasteiger partial charge in [-0.05, 0) is 51.8 Å². The predicted molar refractivity (Wildman–Crippen MR) is 83.7 cm³/mol. The zero-order valence-electron chi connectivity index (χ0n) is 12.9. The van der Waals surface area contributed by atoms with Gasteiger partial charge in [0, 0.05) is 17.6 Å². The third-order valence-electron chi connectivity index (χ3n) is 3.03. The summed E-state index contributed by atoms with van der Waals surface area (Å²) in [6.45, 7) is 9.34. The van der Waals surface area contributed by atoms with E-state index >= 15 is 0 Å². The van der Waals surface area contributed by atoms with Crippen molar-refractivity contribution >= 4 is 21.2 Å². The summed E-state index contributed by atoms with van der Waals surface area (Å²) in [7, 11) is -3.25. The minimum atomic E-state index is -3.25. The molecular formula is C14H23NO3S2. The third kappa shape index (κ3) is 4.22. The topological polar surface area (TPSA) is 69.2 Å². The second-order valence-electron chi connectivity index (χ2n) is 5.96. The van der Waals surface area contributed by atoms with Crippen molar-refractivity contribution in [3.05, 3.63) is 29.3 Å². The van der Waals surface area contributed by atoms with Gasteiger partial charge in [-0.2, -0.15) is 0 Å². The Morgan fingerprint density at radius 1 is 1.30 bits per heavy atom. The van der Waals surface area contributed by atoms with E-state index in [9.17, 15) is 13.0 Å². The fraction of sp³-hybridized carbons (Fsp3) is 0.571. The van der Waals surface area contributed by atoms with Gasteiger partial charge in [0.25, 0.3) is 0 Å². The molecule has 0 aliphatic heterocycles. The first-order chi connectivity index (χ1) is 8.94. The number of hydrogen-bond donors (Lipinski definition) is 1. The molecule has 20 heavy (non-hydrogen) atoms. The molecule has 2 atom stereocenters. The lowest BCUT2D eigenvalue weighted by Gasteiger charge is -2.27. The zero-order chi connectivity index (χ0) is 15.7. The Balaban J connectivity index is 3.10. The van der Waals surface area contributed by atoms with Crippen LogP contribution in [0.5, 0.6) is 0 Å². The highest BCUT2D eigenvalue weighted by Crippen LogP contribution is 2.26. The van der Waals surface area contributed by atoms with Crippen LogP contribution < -0.4 is 4.72 Å². The van der Waals surface area contributed by atoms with E-state index in [2.05, 4.69) is 4.72 Å². The van der Waals surface area contributed by atoms with Gasteiger partial charge in [-0.3, -0.25) is 0 Å². The normalized spacial score (nSPS) is 15.9. The maximum atomic E-state index is 12.1. The van der Waals surface area contributed by atoms with Crippen molar-refractivity contribution in [1.29, 1.82) is 0 Å². The minimum absolute atomic E-state index is 0.184. The molecule has 1 rings (SSSR count). The van der Waals surface area contributed by atoms with E-state index < -0.39 is 21.2 Å². The van der Waals surface area contributed by atoms with Crippen LogP contribution in [0.3, 0.4) is 0 Å². The van der Waals surface area contributed by atoms with E-state index in [1.165, 1.54) is 6.26 Å². The van der Waals surface area contributed by atoms with Crippen LogP contribution in [0.2, 0.25) is 0 Å². The molecule has 1 unspecified atom stereocenters. The second-order valence-corrected chi connectivity index (χ2v) is 9.95. The van der Waals surface area contributed by atoms with Crippen molar-refractivity contribution in [2.45, 2.75) is 50.3 Å². The lowest BCUT2D eigenvalue weighted by molar-refractivity contribution is 0.530.